The highest BCUT2D eigenvalue weighted by molar-refractivity contribution is 14.0. The number of nitrogens with one attached hydrogen (secondary N) is 2. The molecule has 0 bridgehead atoms. The first-order valence-corrected chi connectivity index (χ1v) is 9.09. The minimum atomic E-state index is 0. The van der Waals surface area contributed by atoms with Crippen LogP contribution in [0, 0.1) is 6.92 Å². The van der Waals surface area contributed by atoms with E-state index in [0.717, 1.165) is 19.0 Å². The van der Waals surface area contributed by atoms with Crippen molar-refractivity contribution < 1.29 is 4.52 Å². The van der Waals surface area contributed by atoms with Crippen molar-refractivity contribution in [2.75, 3.05) is 13.1 Å². The standard InChI is InChI=1S/C19H27N5O.HI/c1-3-20-18(21-13-17-23-15(2)24-25-17)22-14-19(11-7-8-12-19)16-9-5-4-6-10-16;/h4-6,9-10H,3,7-8,11-14H2,1-2H3,(H2,20,21,22);1H. The van der Waals surface area contributed by atoms with Gasteiger partial charge in [0.05, 0.1) is 0 Å². The molecule has 1 aliphatic rings. The molecule has 2 N–H and O–H groups in total. The lowest BCUT2D eigenvalue weighted by Gasteiger charge is -2.30. The van der Waals surface area contributed by atoms with Crippen LogP contribution in [0.15, 0.2) is 39.8 Å². The van der Waals surface area contributed by atoms with Gasteiger partial charge in [0.1, 0.15) is 6.54 Å². The van der Waals surface area contributed by atoms with E-state index in [1.807, 2.05) is 6.92 Å². The van der Waals surface area contributed by atoms with Crippen molar-refractivity contribution in [2.24, 2.45) is 4.99 Å². The Labute approximate surface area is 172 Å². The van der Waals surface area contributed by atoms with Crippen molar-refractivity contribution >= 4 is 29.9 Å². The van der Waals surface area contributed by atoms with E-state index in [1.54, 1.807) is 0 Å². The molecule has 26 heavy (non-hydrogen) atoms. The topological polar surface area (TPSA) is 75.3 Å². The average molecular weight is 469 g/mol. The van der Waals surface area contributed by atoms with Crippen LogP contribution in [-0.4, -0.2) is 29.2 Å². The van der Waals surface area contributed by atoms with Gasteiger partial charge in [-0.2, -0.15) is 4.98 Å². The van der Waals surface area contributed by atoms with Crippen molar-refractivity contribution in [3.63, 3.8) is 0 Å². The van der Waals surface area contributed by atoms with Crippen LogP contribution in [0.2, 0.25) is 0 Å². The van der Waals surface area contributed by atoms with Crippen molar-refractivity contribution in [3.8, 4) is 0 Å². The Morgan fingerprint density at radius 3 is 2.54 bits per heavy atom. The van der Waals surface area contributed by atoms with Crippen molar-refractivity contribution in [3.05, 3.63) is 47.6 Å². The number of hydrogen-bond donors (Lipinski definition) is 2. The number of nitrogens with zero attached hydrogens (tertiary/aromatic N) is 3. The van der Waals surface area contributed by atoms with Gasteiger partial charge in [0, 0.05) is 18.5 Å². The Hall–Kier alpha value is -1.64. The molecule has 1 heterocycles. The second kappa shape index (κ2) is 9.89. The van der Waals surface area contributed by atoms with E-state index in [4.69, 9.17) is 4.52 Å². The van der Waals surface area contributed by atoms with E-state index >= 15 is 0 Å². The third kappa shape index (κ3) is 5.18. The van der Waals surface area contributed by atoms with Crippen LogP contribution in [0.1, 0.15) is 49.9 Å². The van der Waals surface area contributed by atoms with Crippen molar-refractivity contribution in [1.82, 2.24) is 20.8 Å². The Balaban J connectivity index is 0.00000243. The quantitative estimate of drug-likeness (QED) is 0.385. The maximum Gasteiger partial charge on any atom is 0.248 e. The molecular formula is C19H28IN5O. The molecule has 0 amide bonds. The molecule has 0 radical (unpaired) electrons. The molecule has 2 aromatic rings. The van der Waals surface area contributed by atoms with Gasteiger partial charge in [-0.25, -0.2) is 4.99 Å². The number of aryl methyl sites for hydroxylation is 1. The lowest BCUT2D eigenvalue weighted by molar-refractivity contribution is 0.376. The Morgan fingerprint density at radius 1 is 1.19 bits per heavy atom. The summed E-state index contributed by atoms with van der Waals surface area (Å²) in [4.78, 5) is 8.78. The molecule has 0 atom stereocenters. The molecule has 3 rings (SSSR count). The van der Waals surface area contributed by atoms with Gasteiger partial charge in [-0.1, -0.05) is 48.3 Å². The van der Waals surface area contributed by atoms with Crippen LogP contribution >= 0.6 is 24.0 Å². The van der Waals surface area contributed by atoms with E-state index in [-0.39, 0.29) is 29.4 Å². The van der Waals surface area contributed by atoms with Crippen LogP contribution < -0.4 is 10.6 Å². The van der Waals surface area contributed by atoms with Gasteiger partial charge in [-0.15, -0.1) is 24.0 Å². The zero-order valence-corrected chi connectivity index (χ0v) is 17.8. The molecule has 1 aromatic carbocycles. The maximum absolute atomic E-state index is 5.14. The Bertz CT molecular complexity index is 695. The molecule has 0 saturated heterocycles. The molecular weight excluding hydrogens is 441 g/mol. The predicted octanol–water partition coefficient (Wildman–Crippen LogP) is 3.56. The van der Waals surface area contributed by atoms with E-state index in [1.165, 1.54) is 31.2 Å². The average Bonchev–Trinajstić information content (AvgIpc) is 3.28. The highest BCUT2D eigenvalue weighted by Crippen LogP contribution is 2.40. The smallest absolute Gasteiger partial charge is 0.248 e. The lowest BCUT2D eigenvalue weighted by Crippen LogP contribution is -2.44. The zero-order chi connectivity index (χ0) is 17.5. The van der Waals surface area contributed by atoms with E-state index in [9.17, 15) is 0 Å². The maximum atomic E-state index is 5.14. The molecule has 1 aliphatic carbocycles. The summed E-state index contributed by atoms with van der Waals surface area (Å²) in [5.74, 6) is 1.96. The first kappa shape index (κ1) is 20.7. The van der Waals surface area contributed by atoms with Crippen molar-refractivity contribution in [1.29, 1.82) is 0 Å². The van der Waals surface area contributed by atoms with Gasteiger partial charge in [-0.05, 0) is 32.3 Å². The predicted molar refractivity (Wildman–Crippen MR) is 114 cm³/mol. The van der Waals surface area contributed by atoms with E-state index in [2.05, 4.69) is 63.0 Å². The highest BCUT2D eigenvalue weighted by atomic mass is 127. The molecule has 142 valence electrons. The molecule has 1 aromatic heterocycles. The summed E-state index contributed by atoms with van der Waals surface area (Å²) in [6.07, 6.45) is 5.00. The minimum Gasteiger partial charge on any atom is -0.357 e. The number of aliphatic imine (C=N–C) groups is 1. The Morgan fingerprint density at radius 2 is 1.92 bits per heavy atom. The van der Waals surface area contributed by atoms with Gasteiger partial charge in [-0.3, -0.25) is 0 Å². The van der Waals surface area contributed by atoms with Gasteiger partial charge < -0.3 is 15.2 Å². The molecule has 1 fully saturated rings. The van der Waals surface area contributed by atoms with Gasteiger partial charge in [0.15, 0.2) is 11.8 Å². The molecule has 1 saturated carbocycles. The molecule has 0 spiro atoms. The van der Waals surface area contributed by atoms with Crippen LogP contribution in [0.4, 0.5) is 0 Å². The second-order valence-corrected chi connectivity index (χ2v) is 6.64. The summed E-state index contributed by atoms with van der Waals surface area (Å²) < 4.78 is 5.14. The van der Waals surface area contributed by atoms with Gasteiger partial charge >= 0.3 is 0 Å². The highest BCUT2D eigenvalue weighted by Gasteiger charge is 2.35. The third-order valence-corrected chi connectivity index (χ3v) is 4.83. The van der Waals surface area contributed by atoms with Crippen molar-refractivity contribution in [2.45, 2.75) is 51.5 Å². The normalized spacial score (nSPS) is 16.2. The zero-order valence-electron chi connectivity index (χ0n) is 15.5. The Kier molecular flexibility index (Phi) is 7.86. The largest absolute Gasteiger partial charge is 0.357 e. The minimum absolute atomic E-state index is 0. The van der Waals surface area contributed by atoms with E-state index in [0.29, 0.717) is 18.3 Å². The summed E-state index contributed by atoms with van der Waals surface area (Å²) >= 11 is 0. The second-order valence-electron chi connectivity index (χ2n) is 6.64. The monoisotopic (exact) mass is 469 g/mol. The number of halogens is 1. The third-order valence-electron chi connectivity index (χ3n) is 4.83. The number of aromatic nitrogens is 2. The summed E-state index contributed by atoms with van der Waals surface area (Å²) in [6.45, 7) is 5.95. The van der Waals surface area contributed by atoms with Crippen LogP contribution in [-0.2, 0) is 12.0 Å². The van der Waals surface area contributed by atoms with Crippen LogP contribution in [0.25, 0.3) is 0 Å². The number of benzene rings is 1. The number of rotatable bonds is 6. The van der Waals surface area contributed by atoms with E-state index < -0.39 is 0 Å². The fourth-order valence-corrected chi connectivity index (χ4v) is 3.56. The molecule has 7 heteroatoms. The fourth-order valence-electron chi connectivity index (χ4n) is 3.56. The molecule has 6 nitrogen and oxygen atoms in total. The summed E-state index contributed by atoms with van der Waals surface area (Å²) in [6, 6.07) is 10.8. The first-order valence-electron chi connectivity index (χ1n) is 9.09. The number of guanidine groups is 1. The van der Waals surface area contributed by atoms with Gasteiger partial charge in [0.2, 0.25) is 5.89 Å². The SMILES string of the molecule is CCNC(=NCc1nc(C)no1)NCC1(c2ccccc2)CCCC1.I. The fraction of sp³-hybridized carbons (Fsp3) is 0.526. The summed E-state index contributed by atoms with van der Waals surface area (Å²) in [5, 5.41) is 10.6. The van der Waals surface area contributed by atoms with Crippen LogP contribution in [0.3, 0.4) is 0 Å². The number of hydrogen-bond acceptors (Lipinski definition) is 4. The lowest BCUT2D eigenvalue weighted by atomic mass is 9.79. The molecule has 0 unspecified atom stereocenters. The first-order chi connectivity index (χ1) is 12.2. The molecule has 0 aliphatic heterocycles. The summed E-state index contributed by atoms with van der Waals surface area (Å²) in [5.41, 5.74) is 1.61. The summed E-state index contributed by atoms with van der Waals surface area (Å²) in [7, 11) is 0. The van der Waals surface area contributed by atoms with Gasteiger partial charge in [0.25, 0.3) is 0 Å². The van der Waals surface area contributed by atoms with Crippen LogP contribution in [0.5, 0.6) is 0 Å².